The van der Waals surface area contributed by atoms with Crippen LogP contribution in [0.4, 0.5) is 4.79 Å². The van der Waals surface area contributed by atoms with Crippen molar-refractivity contribution in [2.45, 2.75) is 39.5 Å². The first-order valence-corrected chi connectivity index (χ1v) is 9.72. The maximum absolute atomic E-state index is 12.4. The number of hydrogen-bond acceptors (Lipinski definition) is 4. The van der Waals surface area contributed by atoms with Crippen LogP contribution in [0.25, 0.3) is 11.3 Å². The molecule has 1 amide bonds. The fourth-order valence-corrected chi connectivity index (χ4v) is 3.89. The van der Waals surface area contributed by atoms with Crippen molar-refractivity contribution in [2.24, 2.45) is 0 Å². The van der Waals surface area contributed by atoms with Crippen molar-refractivity contribution in [1.29, 1.82) is 0 Å². The lowest BCUT2D eigenvalue weighted by atomic mass is 10.1. The number of fused-ring (bicyclic) bond motifs is 1. The second-order valence-electron chi connectivity index (χ2n) is 7.08. The third kappa shape index (κ3) is 3.93. The summed E-state index contributed by atoms with van der Waals surface area (Å²) in [4.78, 5) is 14.1. The van der Waals surface area contributed by atoms with E-state index in [1.54, 1.807) is 12.0 Å². The van der Waals surface area contributed by atoms with Gasteiger partial charge in [-0.25, -0.2) is 4.79 Å². The first kappa shape index (κ1) is 19.3. The number of carbonyl (C=O) groups excluding carboxylic acids is 1. The molecule has 140 valence electrons. The molecule has 2 aromatic rings. The molecular formula is C18H21ClIN3O3. The average Bonchev–Trinajstić information content (AvgIpc) is 2.89. The van der Waals surface area contributed by atoms with Gasteiger partial charge in [0.2, 0.25) is 0 Å². The van der Waals surface area contributed by atoms with Gasteiger partial charge in [0.1, 0.15) is 17.0 Å². The minimum Gasteiger partial charge on any atom is -0.495 e. The molecule has 0 N–H and O–H groups in total. The van der Waals surface area contributed by atoms with E-state index >= 15 is 0 Å². The number of benzene rings is 1. The molecular weight excluding hydrogens is 469 g/mol. The lowest BCUT2D eigenvalue weighted by Crippen LogP contribution is -2.41. The van der Waals surface area contributed by atoms with Gasteiger partial charge in [0.05, 0.1) is 34.5 Å². The van der Waals surface area contributed by atoms with E-state index in [0.717, 1.165) is 20.5 Å². The van der Waals surface area contributed by atoms with Gasteiger partial charge >= 0.3 is 6.09 Å². The van der Waals surface area contributed by atoms with E-state index < -0.39 is 5.60 Å². The highest BCUT2D eigenvalue weighted by Gasteiger charge is 2.29. The highest BCUT2D eigenvalue weighted by molar-refractivity contribution is 14.1. The van der Waals surface area contributed by atoms with E-state index in [1.807, 2.05) is 43.7 Å². The monoisotopic (exact) mass is 489 g/mol. The highest BCUT2D eigenvalue weighted by Crippen LogP contribution is 2.34. The van der Waals surface area contributed by atoms with Gasteiger partial charge in [0.25, 0.3) is 0 Å². The number of ether oxygens (including phenoxy) is 2. The molecule has 0 radical (unpaired) electrons. The van der Waals surface area contributed by atoms with Gasteiger partial charge in [-0.15, -0.1) is 0 Å². The Labute approximate surface area is 171 Å². The Bertz CT molecular complexity index is 845. The van der Waals surface area contributed by atoms with Crippen LogP contribution in [0.1, 0.15) is 26.5 Å². The Morgan fingerprint density at radius 2 is 2.04 bits per heavy atom. The fourth-order valence-electron chi connectivity index (χ4n) is 2.77. The molecule has 0 spiro atoms. The number of methoxy groups -OCH3 is 1. The molecule has 0 saturated heterocycles. The lowest BCUT2D eigenvalue weighted by Gasteiger charge is -2.30. The van der Waals surface area contributed by atoms with Gasteiger partial charge in [-0.3, -0.25) is 4.68 Å². The third-order valence-electron chi connectivity index (χ3n) is 3.99. The molecule has 1 aliphatic heterocycles. The predicted molar refractivity (Wildman–Crippen MR) is 109 cm³/mol. The summed E-state index contributed by atoms with van der Waals surface area (Å²) in [6, 6.07) is 5.62. The largest absolute Gasteiger partial charge is 0.495 e. The quantitative estimate of drug-likeness (QED) is 0.580. The first-order valence-electron chi connectivity index (χ1n) is 8.26. The zero-order chi connectivity index (χ0) is 19.1. The van der Waals surface area contributed by atoms with Crippen LogP contribution in [0.15, 0.2) is 18.2 Å². The Morgan fingerprint density at radius 1 is 1.31 bits per heavy atom. The van der Waals surface area contributed by atoms with Crippen LogP contribution in [0.2, 0.25) is 5.02 Å². The van der Waals surface area contributed by atoms with Gasteiger partial charge in [-0.2, -0.15) is 5.10 Å². The molecule has 0 bridgehead atoms. The van der Waals surface area contributed by atoms with E-state index in [2.05, 4.69) is 22.6 Å². The summed E-state index contributed by atoms with van der Waals surface area (Å²) < 4.78 is 13.7. The van der Waals surface area contributed by atoms with E-state index in [-0.39, 0.29) is 6.09 Å². The van der Waals surface area contributed by atoms with Gasteiger partial charge in [0.15, 0.2) is 0 Å². The summed E-state index contributed by atoms with van der Waals surface area (Å²) in [6.45, 7) is 7.29. The summed E-state index contributed by atoms with van der Waals surface area (Å²) in [6.07, 6.45) is -0.296. The van der Waals surface area contributed by atoms with E-state index in [4.69, 9.17) is 26.2 Å². The van der Waals surface area contributed by atoms with Crippen molar-refractivity contribution < 1.29 is 14.3 Å². The van der Waals surface area contributed by atoms with Gasteiger partial charge in [-0.1, -0.05) is 11.6 Å². The molecule has 2 heterocycles. The fraction of sp³-hybridized carbons (Fsp3) is 0.444. The van der Waals surface area contributed by atoms with Crippen molar-refractivity contribution in [1.82, 2.24) is 14.7 Å². The maximum atomic E-state index is 12.4. The molecule has 1 aromatic carbocycles. The van der Waals surface area contributed by atoms with Crippen LogP contribution in [-0.4, -0.2) is 40.0 Å². The van der Waals surface area contributed by atoms with Crippen molar-refractivity contribution in [2.75, 3.05) is 13.7 Å². The molecule has 0 atom stereocenters. The Balaban J connectivity index is 1.87. The number of amides is 1. The molecule has 3 rings (SSSR count). The number of aromatic nitrogens is 2. The smallest absolute Gasteiger partial charge is 0.410 e. The number of nitrogens with zero attached hydrogens (tertiary/aromatic N) is 3. The maximum Gasteiger partial charge on any atom is 0.410 e. The average molecular weight is 490 g/mol. The van der Waals surface area contributed by atoms with Crippen molar-refractivity contribution in [3.63, 3.8) is 0 Å². The number of rotatable bonds is 2. The van der Waals surface area contributed by atoms with Gasteiger partial charge in [-0.05, 0) is 61.6 Å². The Kier molecular flexibility index (Phi) is 5.39. The van der Waals surface area contributed by atoms with Crippen LogP contribution in [0, 0.1) is 3.57 Å². The van der Waals surface area contributed by atoms with Gasteiger partial charge in [0, 0.05) is 12.1 Å². The van der Waals surface area contributed by atoms with Crippen LogP contribution in [0.5, 0.6) is 5.75 Å². The molecule has 6 nitrogen and oxygen atoms in total. The summed E-state index contributed by atoms with van der Waals surface area (Å²) in [5.41, 5.74) is 2.28. The normalized spacial score (nSPS) is 14.2. The Morgan fingerprint density at radius 3 is 2.65 bits per heavy atom. The Hall–Kier alpha value is -1.48. The lowest BCUT2D eigenvalue weighted by molar-refractivity contribution is 0.0194. The zero-order valence-corrected chi connectivity index (χ0v) is 18.1. The van der Waals surface area contributed by atoms with Crippen molar-refractivity contribution >= 4 is 40.3 Å². The topological polar surface area (TPSA) is 56.6 Å². The molecule has 1 aliphatic rings. The highest BCUT2D eigenvalue weighted by atomic mass is 127. The van der Waals surface area contributed by atoms with Gasteiger partial charge < -0.3 is 14.4 Å². The zero-order valence-electron chi connectivity index (χ0n) is 15.2. The van der Waals surface area contributed by atoms with Crippen molar-refractivity contribution in [3.8, 4) is 17.0 Å². The summed E-state index contributed by atoms with van der Waals surface area (Å²) in [5, 5.41) is 5.26. The molecule has 0 fully saturated rings. The van der Waals surface area contributed by atoms with E-state index in [0.29, 0.717) is 30.4 Å². The second-order valence-corrected chi connectivity index (χ2v) is 8.57. The van der Waals surface area contributed by atoms with E-state index in [9.17, 15) is 4.79 Å². The molecule has 8 heteroatoms. The summed E-state index contributed by atoms with van der Waals surface area (Å²) in [7, 11) is 1.59. The second kappa shape index (κ2) is 7.26. The predicted octanol–water partition coefficient (Wildman–Crippen LogP) is 4.57. The summed E-state index contributed by atoms with van der Waals surface area (Å²) in [5.74, 6) is 0.630. The molecule has 0 aliphatic carbocycles. The molecule has 26 heavy (non-hydrogen) atoms. The number of halogens is 2. The van der Waals surface area contributed by atoms with Crippen LogP contribution in [0.3, 0.4) is 0 Å². The third-order valence-corrected chi connectivity index (χ3v) is 5.42. The molecule has 0 unspecified atom stereocenters. The molecule has 1 aromatic heterocycles. The van der Waals surface area contributed by atoms with E-state index in [1.165, 1.54) is 0 Å². The SMILES string of the molecule is COc1ccc(-c2nn3c(c2I)CN(C(=O)OC(C)(C)C)CC3)cc1Cl. The minimum atomic E-state index is -0.507. The standard InChI is InChI=1S/C18H21ClIN3O3/c1-18(2,3)26-17(24)22-7-8-23-13(10-22)15(20)16(21-23)11-5-6-14(25-4)12(19)9-11/h5-6,9H,7-8,10H2,1-4H3. The first-order chi connectivity index (χ1) is 12.2. The molecule has 0 saturated carbocycles. The number of carbonyl (C=O) groups is 1. The number of hydrogen-bond donors (Lipinski definition) is 0. The van der Waals surface area contributed by atoms with Crippen molar-refractivity contribution in [3.05, 3.63) is 32.5 Å². The minimum absolute atomic E-state index is 0.296. The van der Waals surface area contributed by atoms with Crippen LogP contribution < -0.4 is 4.74 Å². The van der Waals surface area contributed by atoms with Crippen LogP contribution in [-0.2, 0) is 17.8 Å². The van der Waals surface area contributed by atoms with Crippen LogP contribution >= 0.6 is 34.2 Å². The summed E-state index contributed by atoms with van der Waals surface area (Å²) >= 11 is 8.53.